The number of alkyl halides is 1. The van der Waals surface area contributed by atoms with Crippen LogP contribution in [0.1, 0.15) is 31.1 Å². The summed E-state index contributed by atoms with van der Waals surface area (Å²) in [4.78, 5) is 4.49. The van der Waals surface area contributed by atoms with Crippen LogP contribution in [0.4, 0.5) is 0 Å². The highest BCUT2D eigenvalue weighted by molar-refractivity contribution is 6.17. The molecule has 0 aliphatic heterocycles. The second-order valence-electron chi connectivity index (χ2n) is 3.86. The molecule has 0 saturated heterocycles. The van der Waals surface area contributed by atoms with Gasteiger partial charge in [0.05, 0.1) is 5.69 Å². The Morgan fingerprint density at radius 1 is 1.12 bits per heavy atom. The van der Waals surface area contributed by atoms with Crippen molar-refractivity contribution in [1.82, 2.24) is 14.8 Å². The third-order valence-electron chi connectivity index (χ3n) is 2.69. The van der Waals surface area contributed by atoms with Gasteiger partial charge >= 0.3 is 0 Å². The molecule has 0 fully saturated rings. The summed E-state index contributed by atoms with van der Waals surface area (Å²) in [6.45, 7) is 4.16. The summed E-state index contributed by atoms with van der Waals surface area (Å²) in [6.07, 6.45) is 1.74. The van der Waals surface area contributed by atoms with E-state index in [1.807, 2.05) is 28.9 Å². The molecule has 2 rings (SSSR count). The lowest BCUT2D eigenvalue weighted by Gasteiger charge is -2.04. The van der Waals surface area contributed by atoms with Gasteiger partial charge in [0.15, 0.2) is 5.82 Å². The van der Waals surface area contributed by atoms with Crippen LogP contribution in [0.5, 0.6) is 0 Å². The Balaban J connectivity index is 2.40. The first kappa shape index (κ1) is 12.1. The zero-order valence-corrected chi connectivity index (χ0v) is 10.9. The van der Waals surface area contributed by atoms with E-state index >= 15 is 0 Å². The summed E-state index contributed by atoms with van der Waals surface area (Å²) < 4.78 is 1.91. The molecule has 17 heavy (non-hydrogen) atoms. The van der Waals surface area contributed by atoms with E-state index < -0.39 is 0 Å². The van der Waals surface area contributed by atoms with Gasteiger partial charge in [-0.05, 0) is 17.7 Å². The van der Waals surface area contributed by atoms with Crippen molar-refractivity contribution in [3.8, 4) is 5.69 Å². The number of hydrogen-bond acceptors (Lipinski definition) is 2. The van der Waals surface area contributed by atoms with E-state index in [1.54, 1.807) is 0 Å². The van der Waals surface area contributed by atoms with E-state index in [1.165, 1.54) is 0 Å². The monoisotopic (exact) mass is 249 g/mol. The highest BCUT2D eigenvalue weighted by Crippen LogP contribution is 2.13. The van der Waals surface area contributed by atoms with Gasteiger partial charge in [0, 0.05) is 18.7 Å². The first-order valence-electron chi connectivity index (χ1n) is 5.88. The van der Waals surface area contributed by atoms with Crippen molar-refractivity contribution in [1.29, 1.82) is 0 Å². The fraction of sp³-hybridized carbons (Fsp3) is 0.385. The zero-order chi connectivity index (χ0) is 12.3. The van der Waals surface area contributed by atoms with Gasteiger partial charge in [-0.2, -0.15) is 5.10 Å². The zero-order valence-electron chi connectivity index (χ0n) is 10.2. The van der Waals surface area contributed by atoms with Crippen LogP contribution in [0.15, 0.2) is 24.3 Å². The average Bonchev–Trinajstić information content (AvgIpc) is 2.82. The molecule has 90 valence electrons. The van der Waals surface area contributed by atoms with Crippen molar-refractivity contribution in [2.45, 2.75) is 32.6 Å². The molecule has 0 bridgehead atoms. The number of halogens is 1. The second kappa shape index (κ2) is 5.32. The van der Waals surface area contributed by atoms with Crippen LogP contribution < -0.4 is 0 Å². The number of nitrogens with zero attached hydrogens (tertiary/aromatic N) is 3. The molecule has 0 atom stereocenters. The average molecular weight is 250 g/mol. The standard InChI is InChI=1S/C13H16ClN3/c1-3-12-15-13(4-2)17(16-12)11-7-5-10(9-14)6-8-11/h5-8H,3-4,9H2,1-2H3. The molecule has 0 radical (unpaired) electrons. The van der Waals surface area contributed by atoms with E-state index in [0.29, 0.717) is 5.88 Å². The van der Waals surface area contributed by atoms with E-state index in [2.05, 4.69) is 23.9 Å². The van der Waals surface area contributed by atoms with Crippen LogP contribution in [-0.4, -0.2) is 14.8 Å². The van der Waals surface area contributed by atoms with E-state index in [4.69, 9.17) is 11.6 Å². The first-order valence-corrected chi connectivity index (χ1v) is 6.42. The summed E-state index contributed by atoms with van der Waals surface area (Å²) in [5.74, 6) is 2.43. The number of rotatable bonds is 4. The van der Waals surface area contributed by atoms with Gasteiger partial charge in [0.1, 0.15) is 5.82 Å². The van der Waals surface area contributed by atoms with Crippen LogP contribution in [-0.2, 0) is 18.7 Å². The first-order chi connectivity index (χ1) is 8.28. The molecule has 1 aromatic carbocycles. The molecule has 1 aromatic heterocycles. The van der Waals surface area contributed by atoms with Gasteiger partial charge in [0.2, 0.25) is 0 Å². The van der Waals surface area contributed by atoms with Gasteiger partial charge < -0.3 is 0 Å². The number of benzene rings is 1. The third-order valence-corrected chi connectivity index (χ3v) is 2.99. The highest BCUT2D eigenvalue weighted by Gasteiger charge is 2.08. The van der Waals surface area contributed by atoms with Crippen LogP contribution in [0.3, 0.4) is 0 Å². The predicted octanol–water partition coefficient (Wildman–Crippen LogP) is 3.13. The minimum Gasteiger partial charge on any atom is -0.218 e. The Labute approximate surface area is 106 Å². The molecule has 0 amide bonds. The molecule has 0 spiro atoms. The Hall–Kier alpha value is -1.35. The molecular weight excluding hydrogens is 234 g/mol. The summed E-state index contributed by atoms with van der Waals surface area (Å²) in [6, 6.07) is 8.11. The molecule has 0 aliphatic carbocycles. The lowest BCUT2D eigenvalue weighted by molar-refractivity contribution is 0.790. The maximum atomic E-state index is 5.78. The van der Waals surface area contributed by atoms with Gasteiger partial charge in [-0.15, -0.1) is 11.6 Å². The lowest BCUT2D eigenvalue weighted by Crippen LogP contribution is -2.02. The van der Waals surface area contributed by atoms with Crippen molar-refractivity contribution >= 4 is 11.6 Å². The molecule has 2 aromatic rings. The van der Waals surface area contributed by atoms with E-state index in [-0.39, 0.29) is 0 Å². The SMILES string of the molecule is CCc1nc(CC)n(-c2ccc(CCl)cc2)n1. The van der Waals surface area contributed by atoms with Gasteiger partial charge in [-0.3, -0.25) is 0 Å². The molecule has 0 aliphatic rings. The van der Waals surface area contributed by atoms with Gasteiger partial charge in [-0.25, -0.2) is 9.67 Å². The van der Waals surface area contributed by atoms with Crippen LogP contribution in [0.2, 0.25) is 0 Å². The highest BCUT2D eigenvalue weighted by atomic mass is 35.5. The summed E-state index contributed by atoms with van der Waals surface area (Å²) in [7, 11) is 0. The minimum atomic E-state index is 0.540. The topological polar surface area (TPSA) is 30.7 Å². The largest absolute Gasteiger partial charge is 0.218 e. The lowest BCUT2D eigenvalue weighted by atomic mass is 10.2. The van der Waals surface area contributed by atoms with Crippen molar-refractivity contribution in [3.05, 3.63) is 41.5 Å². The maximum Gasteiger partial charge on any atom is 0.151 e. The maximum absolute atomic E-state index is 5.78. The van der Waals surface area contributed by atoms with E-state index in [0.717, 1.165) is 35.7 Å². The summed E-state index contributed by atoms with van der Waals surface area (Å²) in [5.41, 5.74) is 2.16. The Morgan fingerprint density at radius 2 is 1.82 bits per heavy atom. The van der Waals surface area contributed by atoms with Crippen LogP contribution >= 0.6 is 11.6 Å². The quantitative estimate of drug-likeness (QED) is 0.780. The molecule has 1 heterocycles. The van der Waals surface area contributed by atoms with Gasteiger partial charge in [-0.1, -0.05) is 26.0 Å². The van der Waals surface area contributed by atoms with Crippen molar-refractivity contribution in [2.75, 3.05) is 0 Å². The van der Waals surface area contributed by atoms with Crippen LogP contribution in [0.25, 0.3) is 5.69 Å². The Bertz CT molecular complexity index is 488. The Morgan fingerprint density at radius 3 is 2.35 bits per heavy atom. The minimum absolute atomic E-state index is 0.540. The molecule has 0 N–H and O–H groups in total. The van der Waals surface area contributed by atoms with Crippen molar-refractivity contribution < 1.29 is 0 Å². The summed E-state index contributed by atoms with van der Waals surface area (Å²) in [5, 5.41) is 4.50. The Kier molecular flexibility index (Phi) is 3.79. The molecule has 0 unspecified atom stereocenters. The van der Waals surface area contributed by atoms with Crippen molar-refractivity contribution in [3.63, 3.8) is 0 Å². The van der Waals surface area contributed by atoms with E-state index in [9.17, 15) is 0 Å². The number of hydrogen-bond donors (Lipinski definition) is 0. The number of aromatic nitrogens is 3. The normalized spacial score (nSPS) is 10.8. The van der Waals surface area contributed by atoms with Crippen LogP contribution in [0, 0.1) is 0 Å². The summed E-state index contributed by atoms with van der Waals surface area (Å²) >= 11 is 5.78. The molecular formula is C13H16ClN3. The third kappa shape index (κ3) is 2.50. The van der Waals surface area contributed by atoms with Gasteiger partial charge in [0.25, 0.3) is 0 Å². The fourth-order valence-corrected chi connectivity index (χ4v) is 1.88. The van der Waals surface area contributed by atoms with Crippen molar-refractivity contribution in [2.24, 2.45) is 0 Å². The molecule has 4 heteroatoms. The molecule has 3 nitrogen and oxygen atoms in total. The molecule has 0 saturated carbocycles. The smallest absolute Gasteiger partial charge is 0.151 e. The second-order valence-corrected chi connectivity index (χ2v) is 4.13. The number of aryl methyl sites for hydroxylation is 2. The fourth-order valence-electron chi connectivity index (χ4n) is 1.70. The predicted molar refractivity (Wildman–Crippen MR) is 69.7 cm³/mol.